The van der Waals surface area contributed by atoms with Crippen LogP contribution in [0.5, 0.6) is 0 Å². The number of ether oxygens (including phenoxy) is 2. The Bertz CT molecular complexity index is 997. The van der Waals surface area contributed by atoms with Crippen molar-refractivity contribution in [3.05, 3.63) is 48.2 Å². The van der Waals surface area contributed by atoms with Crippen molar-refractivity contribution in [1.82, 2.24) is 14.8 Å². The first-order chi connectivity index (χ1) is 13.5. The summed E-state index contributed by atoms with van der Waals surface area (Å²) in [6.45, 7) is 6.02. The number of nitrogens with one attached hydrogen (secondary N) is 1. The van der Waals surface area contributed by atoms with E-state index in [9.17, 15) is 9.59 Å². The molecule has 0 saturated heterocycles. The van der Waals surface area contributed by atoms with Gasteiger partial charge in [-0.05, 0) is 31.0 Å². The second-order valence-corrected chi connectivity index (χ2v) is 6.52. The van der Waals surface area contributed by atoms with Gasteiger partial charge in [-0.3, -0.25) is 5.32 Å². The predicted octanol–water partition coefficient (Wildman–Crippen LogP) is 3.80. The molecule has 3 rings (SSSR count). The maximum atomic E-state index is 12.3. The van der Waals surface area contributed by atoms with E-state index >= 15 is 0 Å². The van der Waals surface area contributed by atoms with Crippen molar-refractivity contribution in [3.63, 3.8) is 0 Å². The lowest BCUT2D eigenvalue weighted by molar-refractivity contribution is 0.0527. The van der Waals surface area contributed by atoms with E-state index in [1.165, 1.54) is 10.9 Å². The third-order valence-corrected chi connectivity index (χ3v) is 3.83. The molecule has 28 heavy (non-hydrogen) atoms. The highest BCUT2D eigenvalue weighted by Gasteiger charge is 2.22. The lowest BCUT2D eigenvalue weighted by atomic mass is 10.2. The molecule has 0 fully saturated rings. The average molecular weight is 382 g/mol. The SMILES string of the molecule is CCOC(=O)c1cnn(-c2ccc3ccccc3n2)c1NC(=O)OCC(C)C. The molecule has 0 saturated carbocycles. The van der Waals surface area contributed by atoms with Crippen LogP contribution in [0.4, 0.5) is 10.6 Å². The van der Waals surface area contributed by atoms with Gasteiger partial charge >= 0.3 is 12.1 Å². The molecule has 0 aliphatic rings. The molecule has 3 aromatic rings. The Labute approximate surface area is 162 Å². The number of hydrogen-bond donors (Lipinski definition) is 1. The second-order valence-electron chi connectivity index (χ2n) is 6.52. The minimum atomic E-state index is -0.679. The van der Waals surface area contributed by atoms with E-state index in [1.54, 1.807) is 13.0 Å². The number of para-hydroxylation sites is 1. The van der Waals surface area contributed by atoms with Gasteiger partial charge in [0.15, 0.2) is 11.6 Å². The summed E-state index contributed by atoms with van der Waals surface area (Å²) in [5, 5.41) is 7.79. The molecular weight excluding hydrogens is 360 g/mol. The number of fused-ring (bicyclic) bond motifs is 1. The van der Waals surface area contributed by atoms with Gasteiger partial charge in [-0.15, -0.1) is 0 Å². The summed E-state index contributed by atoms with van der Waals surface area (Å²) in [5.41, 5.74) is 0.889. The first-order valence-corrected chi connectivity index (χ1v) is 9.04. The summed E-state index contributed by atoms with van der Waals surface area (Å²) < 4.78 is 11.6. The van der Waals surface area contributed by atoms with Crippen LogP contribution < -0.4 is 5.32 Å². The number of hydrogen-bond acceptors (Lipinski definition) is 6. The van der Waals surface area contributed by atoms with Gasteiger partial charge in [-0.2, -0.15) is 9.78 Å². The van der Waals surface area contributed by atoms with Gasteiger partial charge in [0.2, 0.25) is 0 Å². The van der Waals surface area contributed by atoms with Crippen LogP contribution in [0.3, 0.4) is 0 Å². The molecule has 1 N–H and O–H groups in total. The van der Waals surface area contributed by atoms with Gasteiger partial charge in [0.05, 0.1) is 24.9 Å². The zero-order valence-electron chi connectivity index (χ0n) is 16.0. The Balaban J connectivity index is 1.99. The van der Waals surface area contributed by atoms with Gasteiger partial charge in [0.25, 0.3) is 0 Å². The van der Waals surface area contributed by atoms with E-state index in [1.807, 2.05) is 44.2 Å². The molecule has 0 radical (unpaired) electrons. The number of pyridine rings is 1. The highest BCUT2D eigenvalue weighted by Crippen LogP contribution is 2.22. The fraction of sp³-hybridized carbons (Fsp3) is 0.300. The van der Waals surface area contributed by atoms with Crippen molar-refractivity contribution in [3.8, 4) is 5.82 Å². The van der Waals surface area contributed by atoms with Gasteiger partial charge in [-0.1, -0.05) is 32.0 Å². The number of benzene rings is 1. The molecule has 8 nitrogen and oxygen atoms in total. The van der Waals surface area contributed by atoms with Crippen LogP contribution >= 0.6 is 0 Å². The van der Waals surface area contributed by atoms with E-state index in [4.69, 9.17) is 9.47 Å². The summed E-state index contributed by atoms with van der Waals surface area (Å²) in [6, 6.07) is 11.3. The molecule has 1 aromatic carbocycles. The average Bonchev–Trinajstić information content (AvgIpc) is 3.09. The number of rotatable bonds is 6. The molecular formula is C20H22N4O4. The number of anilines is 1. The Hall–Kier alpha value is -3.42. The highest BCUT2D eigenvalue weighted by atomic mass is 16.5. The van der Waals surface area contributed by atoms with Crippen LogP contribution in [0.1, 0.15) is 31.1 Å². The number of carbonyl (C=O) groups excluding carboxylic acids is 2. The van der Waals surface area contributed by atoms with Crippen molar-refractivity contribution in [2.24, 2.45) is 5.92 Å². The molecule has 146 valence electrons. The fourth-order valence-corrected chi connectivity index (χ4v) is 2.55. The molecule has 0 aliphatic heterocycles. The lowest BCUT2D eigenvalue weighted by Gasteiger charge is -2.12. The minimum Gasteiger partial charge on any atom is -0.462 e. The van der Waals surface area contributed by atoms with Crippen LogP contribution in [-0.2, 0) is 9.47 Å². The Morgan fingerprint density at radius 3 is 2.68 bits per heavy atom. The van der Waals surface area contributed by atoms with Gasteiger partial charge in [0, 0.05) is 5.39 Å². The summed E-state index contributed by atoms with van der Waals surface area (Å²) >= 11 is 0. The van der Waals surface area contributed by atoms with Gasteiger partial charge < -0.3 is 9.47 Å². The Morgan fingerprint density at radius 1 is 1.14 bits per heavy atom. The van der Waals surface area contributed by atoms with Crippen LogP contribution in [0, 0.1) is 5.92 Å². The quantitative estimate of drug-likeness (QED) is 0.652. The van der Waals surface area contributed by atoms with Crippen LogP contribution in [0.15, 0.2) is 42.6 Å². The van der Waals surface area contributed by atoms with Crippen molar-refractivity contribution in [1.29, 1.82) is 0 Å². The molecule has 0 spiro atoms. The number of aromatic nitrogens is 3. The maximum Gasteiger partial charge on any atom is 0.412 e. The van der Waals surface area contributed by atoms with Gasteiger partial charge in [-0.25, -0.2) is 14.6 Å². The molecule has 1 amide bonds. The largest absolute Gasteiger partial charge is 0.462 e. The molecule has 2 aromatic heterocycles. The lowest BCUT2D eigenvalue weighted by Crippen LogP contribution is -2.21. The minimum absolute atomic E-state index is 0.123. The maximum absolute atomic E-state index is 12.3. The second kappa shape index (κ2) is 8.51. The zero-order chi connectivity index (χ0) is 20.1. The monoisotopic (exact) mass is 382 g/mol. The molecule has 8 heteroatoms. The number of esters is 1. The van der Waals surface area contributed by atoms with Crippen LogP contribution in [0.2, 0.25) is 0 Å². The third-order valence-electron chi connectivity index (χ3n) is 3.83. The van der Waals surface area contributed by atoms with Crippen molar-refractivity contribution < 1.29 is 19.1 Å². The van der Waals surface area contributed by atoms with Crippen LogP contribution in [0.25, 0.3) is 16.7 Å². The Kier molecular flexibility index (Phi) is 5.88. The van der Waals surface area contributed by atoms with Crippen molar-refractivity contribution in [2.45, 2.75) is 20.8 Å². The molecule has 0 unspecified atom stereocenters. The number of amides is 1. The standard InChI is InChI=1S/C20H22N4O4/c1-4-27-19(25)15-11-21-24(18(15)23-20(26)28-12-13(2)3)17-10-9-14-7-5-6-8-16(14)22-17/h5-11,13H,4,12H2,1-3H3,(H,23,26). The summed E-state index contributed by atoms with van der Waals surface area (Å²) in [5.74, 6) is 0.194. The van der Waals surface area contributed by atoms with E-state index in [0.29, 0.717) is 5.82 Å². The smallest absolute Gasteiger partial charge is 0.412 e. The van der Waals surface area contributed by atoms with Crippen molar-refractivity contribution >= 4 is 28.8 Å². The molecule has 0 aliphatic carbocycles. The normalized spacial score (nSPS) is 10.9. The molecule has 0 atom stereocenters. The first kappa shape index (κ1) is 19.3. The van der Waals surface area contributed by atoms with E-state index < -0.39 is 12.1 Å². The first-order valence-electron chi connectivity index (χ1n) is 9.04. The summed E-state index contributed by atoms with van der Waals surface area (Å²) in [7, 11) is 0. The Morgan fingerprint density at radius 2 is 1.93 bits per heavy atom. The van der Waals surface area contributed by atoms with E-state index in [0.717, 1.165) is 10.9 Å². The fourth-order valence-electron chi connectivity index (χ4n) is 2.55. The van der Waals surface area contributed by atoms with E-state index in [2.05, 4.69) is 15.4 Å². The topological polar surface area (TPSA) is 95.3 Å². The molecule has 0 bridgehead atoms. The van der Waals surface area contributed by atoms with Crippen LogP contribution in [-0.4, -0.2) is 40.0 Å². The number of carbonyl (C=O) groups is 2. The highest BCUT2D eigenvalue weighted by molar-refractivity contribution is 5.99. The molecule has 2 heterocycles. The predicted molar refractivity (Wildman–Crippen MR) is 105 cm³/mol. The van der Waals surface area contributed by atoms with Crippen molar-refractivity contribution in [2.75, 3.05) is 18.5 Å². The zero-order valence-corrected chi connectivity index (χ0v) is 16.0. The summed E-state index contributed by atoms with van der Waals surface area (Å²) in [6.07, 6.45) is 0.661. The summed E-state index contributed by atoms with van der Waals surface area (Å²) in [4.78, 5) is 29.0. The van der Waals surface area contributed by atoms with Gasteiger partial charge in [0.1, 0.15) is 5.56 Å². The number of nitrogens with zero attached hydrogens (tertiary/aromatic N) is 3. The third kappa shape index (κ3) is 4.28. The van der Waals surface area contributed by atoms with E-state index in [-0.39, 0.29) is 30.5 Å².